The predicted octanol–water partition coefficient (Wildman–Crippen LogP) is 0.964. The average Bonchev–Trinajstić information content (AvgIpc) is 2.99. The molecule has 0 saturated carbocycles. The van der Waals surface area contributed by atoms with Crippen LogP contribution < -0.4 is 16.0 Å². The molecule has 4 amide bonds. The van der Waals surface area contributed by atoms with Crippen molar-refractivity contribution in [3.05, 3.63) is 28.2 Å². The third-order valence-corrected chi connectivity index (χ3v) is 5.10. The summed E-state index contributed by atoms with van der Waals surface area (Å²) in [5, 5.41) is 18.1. The molecule has 4 N–H and O–H groups in total. The fourth-order valence-electron chi connectivity index (χ4n) is 3.20. The first-order valence-electron chi connectivity index (χ1n) is 8.08. The van der Waals surface area contributed by atoms with Crippen molar-refractivity contribution < 1.29 is 19.5 Å². The van der Waals surface area contributed by atoms with Gasteiger partial charge >= 0.3 is 6.03 Å². The van der Waals surface area contributed by atoms with E-state index in [1.807, 2.05) is 0 Å². The number of fused-ring (bicyclic) bond motifs is 1. The molecule has 2 fully saturated rings. The van der Waals surface area contributed by atoms with Crippen molar-refractivity contribution in [3.63, 3.8) is 0 Å². The standard InChI is InChI=1S/C16H18Cl2N4O4/c1-7(23)12-15(25)22-6-8(5-11(22)14(24)20-12)19-16(26)21-13-9(17)3-2-4-10(13)18/h2-4,7-8,11-12,23H,5-6H2,1H3,(H,20,24)(H2,19,21,26)/t7-,8-,11-,12+/m0/s1. The lowest BCUT2D eigenvalue weighted by Gasteiger charge is -2.35. The van der Waals surface area contributed by atoms with Crippen LogP contribution in [0.4, 0.5) is 10.5 Å². The summed E-state index contributed by atoms with van der Waals surface area (Å²) in [6.45, 7) is 1.62. The Labute approximate surface area is 159 Å². The fourth-order valence-corrected chi connectivity index (χ4v) is 3.69. The number of aliphatic hydroxyl groups is 1. The van der Waals surface area contributed by atoms with E-state index in [1.54, 1.807) is 18.2 Å². The number of carbonyl (C=O) groups excluding carboxylic acids is 3. The molecular formula is C16H18Cl2N4O4. The van der Waals surface area contributed by atoms with E-state index in [-0.39, 0.29) is 30.5 Å². The van der Waals surface area contributed by atoms with Crippen LogP contribution in [0.3, 0.4) is 0 Å². The second-order valence-electron chi connectivity index (χ2n) is 6.36. The lowest BCUT2D eigenvalue weighted by molar-refractivity contribution is -0.149. The van der Waals surface area contributed by atoms with Crippen LogP contribution >= 0.6 is 23.2 Å². The highest BCUT2D eigenvalue weighted by molar-refractivity contribution is 6.39. The highest BCUT2D eigenvalue weighted by Crippen LogP contribution is 2.30. The number of hydrogen-bond donors (Lipinski definition) is 4. The first kappa shape index (κ1) is 18.8. The molecule has 3 rings (SSSR count). The van der Waals surface area contributed by atoms with E-state index in [4.69, 9.17) is 23.2 Å². The highest BCUT2D eigenvalue weighted by atomic mass is 35.5. The Kier molecular flexibility index (Phi) is 5.27. The van der Waals surface area contributed by atoms with Crippen LogP contribution in [0.15, 0.2) is 18.2 Å². The molecule has 26 heavy (non-hydrogen) atoms. The summed E-state index contributed by atoms with van der Waals surface area (Å²) in [6.07, 6.45) is -0.710. The van der Waals surface area contributed by atoms with Crippen molar-refractivity contribution in [2.75, 3.05) is 11.9 Å². The predicted molar refractivity (Wildman–Crippen MR) is 96.1 cm³/mol. The number of urea groups is 1. The molecule has 10 heteroatoms. The van der Waals surface area contributed by atoms with Crippen LogP contribution in [0.5, 0.6) is 0 Å². The number of halogens is 2. The number of anilines is 1. The van der Waals surface area contributed by atoms with Gasteiger partial charge in [-0.05, 0) is 25.5 Å². The Morgan fingerprint density at radius 1 is 1.35 bits per heavy atom. The second kappa shape index (κ2) is 7.30. The maximum absolute atomic E-state index is 12.4. The third-order valence-electron chi connectivity index (χ3n) is 4.47. The molecule has 8 nitrogen and oxygen atoms in total. The van der Waals surface area contributed by atoms with E-state index in [0.29, 0.717) is 10.0 Å². The molecule has 2 aliphatic heterocycles. The number of rotatable bonds is 3. The number of benzene rings is 1. The van der Waals surface area contributed by atoms with E-state index >= 15 is 0 Å². The third kappa shape index (κ3) is 3.58. The van der Waals surface area contributed by atoms with Gasteiger partial charge in [-0.2, -0.15) is 0 Å². The maximum atomic E-state index is 12.4. The summed E-state index contributed by atoms with van der Waals surface area (Å²) in [7, 11) is 0. The summed E-state index contributed by atoms with van der Waals surface area (Å²) in [5.74, 6) is -0.696. The molecule has 0 unspecified atom stereocenters. The first-order valence-corrected chi connectivity index (χ1v) is 8.84. The van der Waals surface area contributed by atoms with Gasteiger partial charge in [-0.1, -0.05) is 29.3 Å². The SMILES string of the molecule is C[C@H](O)[C@H]1NC(=O)[C@@H]2C[C@H](NC(=O)Nc3c(Cl)cccc3Cl)CN2C1=O. The fraction of sp³-hybridized carbons (Fsp3) is 0.438. The van der Waals surface area contributed by atoms with Crippen molar-refractivity contribution in [2.45, 2.75) is 37.6 Å². The summed E-state index contributed by atoms with van der Waals surface area (Å²) in [5.41, 5.74) is 0.284. The van der Waals surface area contributed by atoms with Gasteiger partial charge in [0.15, 0.2) is 0 Å². The Hall–Kier alpha value is -2.03. The van der Waals surface area contributed by atoms with Crippen LogP contribution in [0.2, 0.25) is 10.0 Å². The summed E-state index contributed by atoms with van der Waals surface area (Å²) >= 11 is 12.0. The summed E-state index contributed by atoms with van der Waals surface area (Å²) in [6, 6.07) is 2.27. The smallest absolute Gasteiger partial charge is 0.319 e. The van der Waals surface area contributed by atoms with Gasteiger partial charge in [-0.25, -0.2) is 4.79 Å². The quantitative estimate of drug-likeness (QED) is 0.605. The van der Waals surface area contributed by atoms with E-state index in [9.17, 15) is 19.5 Å². The van der Waals surface area contributed by atoms with Gasteiger partial charge in [0, 0.05) is 6.54 Å². The van der Waals surface area contributed by atoms with Gasteiger partial charge < -0.3 is 26.0 Å². The van der Waals surface area contributed by atoms with E-state index < -0.39 is 30.3 Å². The van der Waals surface area contributed by atoms with Gasteiger partial charge in [-0.3, -0.25) is 9.59 Å². The lowest BCUT2D eigenvalue weighted by Crippen LogP contribution is -2.64. The minimum Gasteiger partial charge on any atom is -0.391 e. The van der Waals surface area contributed by atoms with E-state index in [1.165, 1.54) is 11.8 Å². The first-order chi connectivity index (χ1) is 12.3. The number of para-hydroxylation sites is 1. The maximum Gasteiger partial charge on any atom is 0.319 e. The van der Waals surface area contributed by atoms with Crippen LogP contribution in [0.25, 0.3) is 0 Å². The number of hydrogen-bond acceptors (Lipinski definition) is 4. The molecule has 0 radical (unpaired) electrons. The van der Waals surface area contributed by atoms with Crippen molar-refractivity contribution in [3.8, 4) is 0 Å². The number of carbonyl (C=O) groups is 3. The van der Waals surface area contributed by atoms with Crippen LogP contribution in [0, 0.1) is 0 Å². The van der Waals surface area contributed by atoms with Crippen LogP contribution in [-0.2, 0) is 9.59 Å². The Morgan fingerprint density at radius 3 is 2.62 bits per heavy atom. The zero-order chi connectivity index (χ0) is 19.0. The number of nitrogens with zero attached hydrogens (tertiary/aromatic N) is 1. The minimum atomic E-state index is -0.995. The number of aliphatic hydroxyl groups excluding tert-OH is 1. The molecule has 0 bridgehead atoms. The lowest BCUT2D eigenvalue weighted by atomic mass is 10.0. The van der Waals surface area contributed by atoms with Gasteiger partial charge in [0.2, 0.25) is 11.8 Å². The van der Waals surface area contributed by atoms with Crippen molar-refractivity contribution in [2.24, 2.45) is 0 Å². The van der Waals surface area contributed by atoms with Gasteiger partial charge in [0.05, 0.1) is 27.9 Å². The Morgan fingerprint density at radius 2 is 2.00 bits per heavy atom. The van der Waals surface area contributed by atoms with Crippen LogP contribution in [0.1, 0.15) is 13.3 Å². The monoisotopic (exact) mass is 400 g/mol. The topological polar surface area (TPSA) is 111 Å². The van der Waals surface area contributed by atoms with Gasteiger partial charge in [0.1, 0.15) is 12.1 Å². The molecule has 0 aromatic heterocycles. The molecule has 2 aliphatic rings. The molecule has 1 aromatic rings. The molecule has 2 saturated heterocycles. The Bertz CT molecular complexity index is 738. The molecule has 2 heterocycles. The molecule has 1 aromatic carbocycles. The highest BCUT2D eigenvalue weighted by Gasteiger charge is 2.47. The van der Waals surface area contributed by atoms with E-state index in [0.717, 1.165) is 0 Å². The number of piperazine rings is 1. The second-order valence-corrected chi connectivity index (χ2v) is 7.18. The van der Waals surface area contributed by atoms with Crippen molar-refractivity contribution >= 4 is 46.7 Å². The molecule has 0 spiro atoms. The number of amides is 4. The van der Waals surface area contributed by atoms with Gasteiger partial charge in [-0.15, -0.1) is 0 Å². The van der Waals surface area contributed by atoms with Crippen molar-refractivity contribution in [1.29, 1.82) is 0 Å². The normalized spacial score (nSPS) is 26.2. The zero-order valence-corrected chi connectivity index (χ0v) is 15.3. The Balaban J connectivity index is 1.65. The van der Waals surface area contributed by atoms with E-state index in [2.05, 4.69) is 16.0 Å². The molecule has 0 aliphatic carbocycles. The average molecular weight is 401 g/mol. The minimum absolute atomic E-state index is 0.184. The summed E-state index contributed by atoms with van der Waals surface area (Å²) in [4.78, 5) is 38.2. The zero-order valence-electron chi connectivity index (χ0n) is 13.8. The molecule has 4 atom stereocenters. The summed E-state index contributed by atoms with van der Waals surface area (Å²) < 4.78 is 0. The number of nitrogens with one attached hydrogen (secondary N) is 3. The van der Waals surface area contributed by atoms with Gasteiger partial charge in [0.25, 0.3) is 0 Å². The largest absolute Gasteiger partial charge is 0.391 e. The van der Waals surface area contributed by atoms with Crippen molar-refractivity contribution in [1.82, 2.24) is 15.5 Å². The van der Waals surface area contributed by atoms with Crippen LogP contribution in [-0.4, -0.2) is 58.6 Å². The molecule has 140 valence electrons. The molecular weight excluding hydrogens is 383 g/mol.